The lowest BCUT2D eigenvalue weighted by atomic mass is 10.1. The average Bonchev–Trinajstić information content (AvgIpc) is 3.16. The van der Waals surface area contributed by atoms with Crippen molar-refractivity contribution in [1.29, 1.82) is 0 Å². The van der Waals surface area contributed by atoms with Gasteiger partial charge in [0.2, 0.25) is 0 Å². The van der Waals surface area contributed by atoms with Crippen molar-refractivity contribution < 1.29 is 4.74 Å². The first-order valence-electron chi connectivity index (χ1n) is 7.22. The molecule has 0 amide bonds. The van der Waals surface area contributed by atoms with Crippen LogP contribution in [0.2, 0.25) is 0 Å². The zero-order valence-electron chi connectivity index (χ0n) is 11.5. The van der Waals surface area contributed by atoms with Crippen LogP contribution in [0.1, 0.15) is 32.1 Å². The lowest BCUT2D eigenvalue weighted by molar-refractivity contribution is 0.179. The molecular weight excluding hydrogens is 212 g/mol. The van der Waals surface area contributed by atoms with Gasteiger partial charge in [0.15, 0.2) is 0 Å². The van der Waals surface area contributed by atoms with Crippen LogP contribution in [0.5, 0.6) is 0 Å². The minimum atomic E-state index is 0.849. The van der Waals surface area contributed by atoms with Gasteiger partial charge in [-0.1, -0.05) is 0 Å². The molecule has 0 bridgehead atoms. The summed E-state index contributed by atoms with van der Waals surface area (Å²) >= 11 is 0. The summed E-state index contributed by atoms with van der Waals surface area (Å²) in [6, 6.07) is 0.849. The van der Waals surface area contributed by atoms with Crippen LogP contribution in [0, 0.1) is 11.8 Å². The minimum Gasteiger partial charge on any atom is -0.385 e. The van der Waals surface area contributed by atoms with Crippen LogP contribution in [0.15, 0.2) is 0 Å². The summed E-state index contributed by atoms with van der Waals surface area (Å²) in [6.45, 7) is 4.35. The van der Waals surface area contributed by atoms with E-state index < -0.39 is 0 Å². The molecule has 0 aromatic carbocycles. The molecule has 0 saturated heterocycles. The van der Waals surface area contributed by atoms with Gasteiger partial charge >= 0.3 is 0 Å². The second-order valence-electron chi connectivity index (χ2n) is 5.80. The van der Waals surface area contributed by atoms with Gasteiger partial charge < -0.3 is 15.0 Å². The molecule has 0 heterocycles. The van der Waals surface area contributed by atoms with Gasteiger partial charge in [-0.2, -0.15) is 0 Å². The summed E-state index contributed by atoms with van der Waals surface area (Å²) in [5, 5.41) is 3.79. The van der Waals surface area contributed by atoms with Crippen LogP contribution in [0.25, 0.3) is 0 Å². The van der Waals surface area contributed by atoms with Crippen molar-refractivity contribution in [2.24, 2.45) is 11.8 Å². The van der Waals surface area contributed by atoms with Gasteiger partial charge in [-0.3, -0.25) is 0 Å². The molecule has 0 spiro atoms. The van der Waals surface area contributed by atoms with E-state index in [9.17, 15) is 0 Å². The number of methoxy groups -OCH3 is 1. The van der Waals surface area contributed by atoms with E-state index in [0.717, 1.165) is 44.0 Å². The van der Waals surface area contributed by atoms with Gasteiger partial charge in [-0.05, 0) is 51.0 Å². The van der Waals surface area contributed by atoms with Crippen molar-refractivity contribution in [2.75, 3.05) is 40.4 Å². The molecule has 3 heteroatoms. The zero-order chi connectivity index (χ0) is 12.1. The maximum absolute atomic E-state index is 5.07. The summed E-state index contributed by atoms with van der Waals surface area (Å²) in [4.78, 5) is 2.41. The van der Waals surface area contributed by atoms with E-state index in [1.807, 2.05) is 0 Å². The fourth-order valence-electron chi connectivity index (χ4n) is 2.64. The molecule has 0 unspecified atom stereocenters. The molecule has 2 aliphatic carbocycles. The second-order valence-corrected chi connectivity index (χ2v) is 5.80. The van der Waals surface area contributed by atoms with E-state index in [-0.39, 0.29) is 0 Å². The standard InChI is InChI=1S/C14H28N2O/c1-16(9-3-11-17-2)10-8-15-14(12-4-5-12)13-6-7-13/h12-15H,3-11H2,1-2H3. The molecule has 2 fully saturated rings. The third-order valence-electron chi connectivity index (χ3n) is 4.02. The van der Waals surface area contributed by atoms with Crippen molar-refractivity contribution in [3.05, 3.63) is 0 Å². The Hall–Kier alpha value is -0.120. The normalized spacial score (nSPS) is 20.5. The van der Waals surface area contributed by atoms with Crippen molar-refractivity contribution in [3.63, 3.8) is 0 Å². The summed E-state index contributed by atoms with van der Waals surface area (Å²) in [7, 11) is 3.98. The smallest absolute Gasteiger partial charge is 0.0474 e. The maximum atomic E-state index is 5.07. The number of hydrogen-bond donors (Lipinski definition) is 1. The minimum absolute atomic E-state index is 0.849. The van der Waals surface area contributed by atoms with E-state index in [4.69, 9.17) is 4.74 Å². The van der Waals surface area contributed by atoms with Gasteiger partial charge in [0.25, 0.3) is 0 Å². The highest BCUT2D eigenvalue weighted by molar-refractivity contribution is 4.96. The topological polar surface area (TPSA) is 24.5 Å². The Morgan fingerprint density at radius 3 is 2.35 bits per heavy atom. The molecule has 17 heavy (non-hydrogen) atoms. The molecule has 2 saturated carbocycles. The molecule has 3 nitrogen and oxygen atoms in total. The van der Waals surface area contributed by atoms with Crippen molar-refractivity contribution >= 4 is 0 Å². The van der Waals surface area contributed by atoms with Crippen molar-refractivity contribution in [1.82, 2.24) is 10.2 Å². The molecule has 0 radical (unpaired) electrons. The molecular formula is C14H28N2O. The number of likely N-dealkylation sites (N-methyl/N-ethyl adjacent to an activating group) is 1. The molecule has 0 aliphatic heterocycles. The summed E-state index contributed by atoms with van der Waals surface area (Å²) < 4.78 is 5.07. The molecule has 0 aromatic heterocycles. The van der Waals surface area contributed by atoms with Gasteiger partial charge in [0, 0.05) is 39.4 Å². The van der Waals surface area contributed by atoms with Crippen LogP contribution >= 0.6 is 0 Å². The SMILES string of the molecule is COCCCN(C)CCNC(C1CC1)C1CC1. The Kier molecular flexibility index (Phi) is 5.26. The quantitative estimate of drug-likeness (QED) is 0.589. The second kappa shape index (κ2) is 6.72. The zero-order valence-corrected chi connectivity index (χ0v) is 11.5. The van der Waals surface area contributed by atoms with Crippen molar-refractivity contribution in [3.8, 4) is 0 Å². The Morgan fingerprint density at radius 1 is 1.18 bits per heavy atom. The third kappa shape index (κ3) is 4.94. The third-order valence-corrected chi connectivity index (χ3v) is 4.02. The van der Waals surface area contributed by atoms with Gasteiger partial charge in [0.05, 0.1) is 0 Å². The number of rotatable bonds is 10. The Bertz CT molecular complexity index is 202. The lowest BCUT2D eigenvalue weighted by Crippen LogP contribution is -2.38. The van der Waals surface area contributed by atoms with Crippen LogP contribution < -0.4 is 5.32 Å². The van der Waals surface area contributed by atoms with Crippen molar-refractivity contribution in [2.45, 2.75) is 38.1 Å². The van der Waals surface area contributed by atoms with Gasteiger partial charge in [0.1, 0.15) is 0 Å². The number of nitrogens with one attached hydrogen (secondary N) is 1. The Morgan fingerprint density at radius 2 is 1.82 bits per heavy atom. The number of nitrogens with zero attached hydrogens (tertiary/aromatic N) is 1. The molecule has 2 aliphatic rings. The van der Waals surface area contributed by atoms with Gasteiger partial charge in [-0.25, -0.2) is 0 Å². The highest BCUT2D eigenvalue weighted by atomic mass is 16.5. The average molecular weight is 240 g/mol. The predicted molar refractivity (Wildman–Crippen MR) is 71.2 cm³/mol. The first-order chi connectivity index (χ1) is 8.31. The molecule has 100 valence electrons. The van der Waals surface area contributed by atoms with Crippen LogP contribution in [-0.2, 0) is 4.74 Å². The predicted octanol–water partition coefficient (Wildman–Crippen LogP) is 1.73. The van der Waals surface area contributed by atoms with Crippen LogP contribution in [-0.4, -0.2) is 51.3 Å². The Balaban J connectivity index is 1.51. The van der Waals surface area contributed by atoms with Crippen LogP contribution in [0.4, 0.5) is 0 Å². The molecule has 2 rings (SSSR count). The fourth-order valence-corrected chi connectivity index (χ4v) is 2.64. The number of ether oxygens (including phenoxy) is 1. The van der Waals surface area contributed by atoms with Crippen LogP contribution in [0.3, 0.4) is 0 Å². The van der Waals surface area contributed by atoms with E-state index in [2.05, 4.69) is 17.3 Å². The summed E-state index contributed by atoms with van der Waals surface area (Å²) in [6.07, 6.45) is 7.02. The largest absolute Gasteiger partial charge is 0.385 e. The maximum Gasteiger partial charge on any atom is 0.0474 e. The first kappa shape index (κ1) is 13.3. The summed E-state index contributed by atoms with van der Waals surface area (Å²) in [5.74, 6) is 2.03. The fraction of sp³-hybridized carbons (Fsp3) is 1.00. The van der Waals surface area contributed by atoms with E-state index in [1.165, 1.54) is 32.2 Å². The number of hydrogen-bond acceptors (Lipinski definition) is 3. The highest BCUT2D eigenvalue weighted by Gasteiger charge is 2.40. The lowest BCUT2D eigenvalue weighted by Gasteiger charge is -2.21. The summed E-state index contributed by atoms with van der Waals surface area (Å²) in [5.41, 5.74) is 0. The van der Waals surface area contributed by atoms with E-state index in [0.29, 0.717) is 0 Å². The molecule has 0 atom stereocenters. The molecule has 1 N–H and O–H groups in total. The van der Waals surface area contributed by atoms with E-state index >= 15 is 0 Å². The van der Waals surface area contributed by atoms with Gasteiger partial charge in [-0.15, -0.1) is 0 Å². The van der Waals surface area contributed by atoms with E-state index in [1.54, 1.807) is 7.11 Å². The highest BCUT2D eigenvalue weighted by Crippen LogP contribution is 2.44. The monoisotopic (exact) mass is 240 g/mol. The first-order valence-corrected chi connectivity index (χ1v) is 7.22. The Labute approximate surface area is 106 Å². The molecule has 0 aromatic rings.